The first kappa shape index (κ1) is 18.7. The SMILES string of the molecule is Cc1ccc([C@@H](CNS(=O)(=O)c2ccc3c(c2)CCC3)N2CCOCC2)o1. The van der Waals surface area contributed by atoms with Crippen LogP contribution >= 0.6 is 0 Å². The van der Waals surface area contributed by atoms with Gasteiger partial charge in [-0.25, -0.2) is 13.1 Å². The summed E-state index contributed by atoms with van der Waals surface area (Å²) in [5, 5.41) is 0. The molecule has 1 aliphatic carbocycles. The number of fused-ring (bicyclic) bond motifs is 1. The second kappa shape index (κ2) is 7.75. The molecule has 1 aliphatic heterocycles. The first-order valence-corrected chi connectivity index (χ1v) is 11.0. The predicted molar refractivity (Wildman–Crippen MR) is 102 cm³/mol. The molecule has 1 aromatic carbocycles. The van der Waals surface area contributed by atoms with Gasteiger partial charge < -0.3 is 9.15 Å². The summed E-state index contributed by atoms with van der Waals surface area (Å²) in [6.07, 6.45) is 3.10. The third-order valence-corrected chi connectivity index (χ3v) is 6.84. The highest BCUT2D eigenvalue weighted by Gasteiger charge is 2.27. The Morgan fingerprint density at radius 1 is 1.11 bits per heavy atom. The van der Waals surface area contributed by atoms with Gasteiger partial charge in [-0.05, 0) is 61.6 Å². The third kappa shape index (κ3) is 4.11. The van der Waals surface area contributed by atoms with Gasteiger partial charge >= 0.3 is 0 Å². The van der Waals surface area contributed by atoms with Crippen molar-refractivity contribution in [3.8, 4) is 0 Å². The summed E-state index contributed by atoms with van der Waals surface area (Å²) in [4.78, 5) is 2.56. The summed E-state index contributed by atoms with van der Waals surface area (Å²) in [6, 6.07) is 9.19. The van der Waals surface area contributed by atoms with Crippen LogP contribution in [0.2, 0.25) is 0 Å². The monoisotopic (exact) mass is 390 g/mol. The van der Waals surface area contributed by atoms with Crippen molar-refractivity contribution in [1.82, 2.24) is 9.62 Å². The Hall–Kier alpha value is -1.67. The maximum absolute atomic E-state index is 12.9. The van der Waals surface area contributed by atoms with Gasteiger partial charge in [-0.3, -0.25) is 4.90 Å². The number of hydrogen-bond acceptors (Lipinski definition) is 5. The zero-order valence-electron chi connectivity index (χ0n) is 15.6. The van der Waals surface area contributed by atoms with E-state index in [0.29, 0.717) is 18.1 Å². The minimum absolute atomic E-state index is 0.146. The van der Waals surface area contributed by atoms with Crippen molar-refractivity contribution in [3.63, 3.8) is 0 Å². The molecule has 0 spiro atoms. The van der Waals surface area contributed by atoms with Crippen molar-refractivity contribution in [2.24, 2.45) is 0 Å². The zero-order chi connectivity index (χ0) is 18.9. The number of furan rings is 1. The van der Waals surface area contributed by atoms with Crippen LogP contribution in [-0.2, 0) is 27.6 Å². The smallest absolute Gasteiger partial charge is 0.240 e. The zero-order valence-corrected chi connectivity index (χ0v) is 16.4. The van der Waals surface area contributed by atoms with Crippen LogP contribution in [0.15, 0.2) is 39.6 Å². The van der Waals surface area contributed by atoms with Gasteiger partial charge in [0.2, 0.25) is 10.0 Å². The second-order valence-corrected chi connectivity index (χ2v) is 9.02. The molecule has 1 atom stereocenters. The predicted octanol–water partition coefficient (Wildman–Crippen LogP) is 2.43. The molecule has 1 N–H and O–H groups in total. The Bertz CT molecular complexity index is 900. The van der Waals surface area contributed by atoms with Crippen LogP contribution in [0.5, 0.6) is 0 Å². The quantitative estimate of drug-likeness (QED) is 0.820. The number of ether oxygens (including phenoxy) is 1. The maximum Gasteiger partial charge on any atom is 0.240 e. The van der Waals surface area contributed by atoms with Crippen molar-refractivity contribution < 1.29 is 17.6 Å². The van der Waals surface area contributed by atoms with E-state index in [0.717, 1.165) is 49.4 Å². The van der Waals surface area contributed by atoms with Gasteiger partial charge in [0, 0.05) is 19.6 Å². The van der Waals surface area contributed by atoms with Gasteiger partial charge in [0.25, 0.3) is 0 Å². The van der Waals surface area contributed by atoms with Crippen molar-refractivity contribution in [2.45, 2.75) is 37.1 Å². The topological polar surface area (TPSA) is 71.8 Å². The van der Waals surface area contributed by atoms with Crippen molar-refractivity contribution >= 4 is 10.0 Å². The molecule has 146 valence electrons. The highest BCUT2D eigenvalue weighted by molar-refractivity contribution is 7.89. The Morgan fingerprint density at radius 3 is 2.63 bits per heavy atom. The van der Waals surface area contributed by atoms with Gasteiger partial charge in [0.15, 0.2) is 0 Å². The van der Waals surface area contributed by atoms with Crippen LogP contribution in [0.4, 0.5) is 0 Å². The lowest BCUT2D eigenvalue weighted by molar-refractivity contribution is 0.0127. The van der Waals surface area contributed by atoms with E-state index in [1.54, 1.807) is 6.07 Å². The molecule has 2 aliphatic rings. The van der Waals surface area contributed by atoms with Gasteiger partial charge in [0.1, 0.15) is 11.5 Å². The van der Waals surface area contributed by atoms with Crippen molar-refractivity contribution in [3.05, 3.63) is 53.0 Å². The van der Waals surface area contributed by atoms with Gasteiger partial charge in [-0.2, -0.15) is 0 Å². The molecule has 0 bridgehead atoms. The first-order valence-electron chi connectivity index (χ1n) is 9.52. The lowest BCUT2D eigenvalue weighted by Gasteiger charge is -2.33. The van der Waals surface area contributed by atoms with E-state index in [4.69, 9.17) is 9.15 Å². The Kier molecular flexibility index (Phi) is 5.36. The maximum atomic E-state index is 12.9. The number of nitrogens with zero attached hydrogens (tertiary/aromatic N) is 1. The fourth-order valence-electron chi connectivity index (χ4n) is 3.92. The lowest BCUT2D eigenvalue weighted by atomic mass is 10.1. The number of benzene rings is 1. The van der Waals surface area contributed by atoms with Gasteiger partial charge in [-0.1, -0.05) is 6.07 Å². The fourth-order valence-corrected chi connectivity index (χ4v) is 5.01. The number of nitrogens with one attached hydrogen (secondary N) is 1. The molecule has 2 heterocycles. The number of sulfonamides is 1. The Morgan fingerprint density at radius 2 is 1.89 bits per heavy atom. The highest BCUT2D eigenvalue weighted by Crippen LogP contribution is 2.26. The average Bonchev–Trinajstić information content (AvgIpc) is 3.31. The van der Waals surface area contributed by atoms with E-state index in [9.17, 15) is 8.42 Å². The molecule has 7 heteroatoms. The van der Waals surface area contributed by atoms with Crippen LogP contribution in [0.1, 0.15) is 35.1 Å². The molecule has 0 amide bonds. The molecule has 0 saturated carbocycles. The molecule has 6 nitrogen and oxygen atoms in total. The standard InChI is InChI=1S/C20H26N2O4S/c1-15-5-8-20(26-15)19(22-9-11-25-12-10-22)14-21-27(23,24)18-7-6-16-3-2-4-17(16)13-18/h5-8,13,19,21H,2-4,9-12,14H2,1H3/t19-/m1/s1. The molecule has 1 saturated heterocycles. The van der Waals surface area contributed by atoms with E-state index in [2.05, 4.69) is 9.62 Å². The molecule has 1 fully saturated rings. The third-order valence-electron chi connectivity index (χ3n) is 5.42. The van der Waals surface area contributed by atoms with E-state index in [-0.39, 0.29) is 12.6 Å². The second-order valence-electron chi connectivity index (χ2n) is 7.25. The van der Waals surface area contributed by atoms with Crippen LogP contribution in [0.25, 0.3) is 0 Å². The van der Waals surface area contributed by atoms with E-state index in [1.165, 1.54) is 5.56 Å². The van der Waals surface area contributed by atoms with E-state index in [1.807, 2.05) is 31.2 Å². The van der Waals surface area contributed by atoms with Crippen LogP contribution < -0.4 is 4.72 Å². The summed E-state index contributed by atoms with van der Waals surface area (Å²) in [6.45, 7) is 4.97. The number of aryl methyl sites for hydroxylation is 3. The molecule has 1 aromatic heterocycles. The lowest BCUT2D eigenvalue weighted by Crippen LogP contribution is -2.43. The molecule has 2 aromatic rings. The Labute approximate surface area is 160 Å². The summed E-state index contributed by atoms with van der Waals surface area (Å²) in [7, 11) is -3.57. The molecule has 0 radical (unpaired) electrons. The molecule has 27 heavy (non-hydrogen) atoms. The largest absolute Gasteiger partial charge is 0.465 e. The fraction of sp³-hybridized carbons (Fsp3) is 0.500. The molecular formula is C20H26N2O4S. The summed E-state index contributed by atoms with van der Waals surface area (Å²) in [5.74, 6) is 1.61. The minimum Gasteiger partial charge on any atom is -0.465 e. The van der Waals surface area contributed by atoms with E-state index >= 15 is 0 Å². The van der Waals surface area contributed by atoms with Crippen molar-refractivity contribution in [1.29, 1.82) is 0 Å². The normalized spacial score (nSPS) is 19.1. The van der Waals surface area contributed by atoms with Crippen LogP contribution in [-0.4, -0.2) is 46.2 Å². The molecule has 0 unspecified atom stereocenters. The first-order chi connectivity index (χ1) is 13.0. The van der Waals surface area contributed by atoms with Gasteiger partial charge in [0.05, 0.1) is 24.2 Å². The summed E-state index contributed by atoms with van der Waals surface area (Å²) >= 11 is 0. The summed E-state index contributed by atoms with van der Waals surface area (Å²) in [5.41, 5.74) is 2.43. The van der Waals surface area contributed by atoms with Crippen LogP contribution in [0.3, 0.4) is 0 Å². The van der Waals surface area contributed by atoms with E-state index < -0.39 is 10.0 Å². The molecular weight excluding hydrogens is 364 g/mol. The Balaban J connectivity index is 1.52. The van der Waals surface area contributed by atoms with Crippen LogP contribution in [0, 0.1) is 6.92 Å². The number of hydrogen-bond donors (Lipinski definition) is 1. The number of morpholine rings is 1. The average molecular weight is 391 g/mol. The van der Waals surface area contributed by atoms with Gasteiger partial charge in [-0.15, -0.1) is 0 Å². The number of rotatable bonds is 6. The molecule has 4 rings (SSSR count). The highest BCUT2D eigenvalue weighted by atomic mass is 32.2. The van der Waals surface area contributed by atoms with Crippen molar-refractivity contribution in [2.75, 3.05) is 32.8 Å². The summed E-state index contributed by atoms with van der Waals surface area (Å²) < 4.78 is 39.8. The minimum atomic E-state index is -3.57.